The van der Waals surface area contributed by atoms with Gasteiger partial charge in [0.25, 0.3) is 0 Å². The van der Waals surface area contributed by atoms with E-state index >= 15 is 0 Å². The van der Waals surface area contributed by atoms with E-state index in [0.29, 0.717) is 6.04 Å². The second-order valence-electron chi connectivity index (χ2n) is 6.56. The van der Waals surface area contributed by atoms with Crippen LogP contribution in [0.5, 0.6) is 0 Å². The molecular formula is C19H21N7. The zero-order chi connectivity index (χ0) is 17.9. The van der Waals surface area contributed by atoms with Crippen LogP contribution in [-0.4, -0.2) is 42.5 Å². The summed E-state index contributed by atoms with van der Waals surface area (Å²) in [6.45, 7) is 5.25. The molecule has 0 saturated carbocycles. The lowest BCUT2D eigenvalue weighted by Gasteiger charge is -2.08. The Hall–Kier alpha value is -3.06. The van der Waals surface area contributed by atoms with Crippen molar-refractivity contribution in [1.29, 1.82) is 0 Å². The molecule has 7 heteroatoms. The van der Waals surface area contributed by atoms with Gasteiger partial charge in [-0.1, -0.05) is 26.0 Å². The molecule has 0 aliphatic rings. The Bertz CT molecular complexity index is 1000. The zero-order valence-electron chi connectivity index (χ0n) is 14.8. The van der Waals surface area contributed by atoms with Crippen LogP contribution in [-0.2, 0) is 6.42 Å². The number of fused-ring (bicyclic) bond motifs is 1. The van der Waals surface area contributed by atoms with E-state index in [9.17, 15) is 0 Å². The van der Waals surface area contributed by atoms with Gasteiger partial charge in [-0.15, -0.1) is 0 Å². The number of aromatic amines is 1. The van der Waals surface area contributed by atoms with Crippen LogP contribution in [0.2, 0.25) is 0 Å². The van der Waals surface area contributed by atoms with E-state index < -0.39 is 0 Å². The molecule has 0 fully saturated rings. The largest absolute Gasteiger partial charge is 0.314 e. The Kier molecular flexibility index (Phi) is 4.45. The van der Waals surface area contributed by atoms with E-state index in [0.717, 1.165) is 41.1 Å². The average molecular weight is 347 g/mol. The molecule has 4 rings (SSSR count). The van der Waals surface area contributed by atoms with Gasteiger partial charge in [-0.2, -0.15) is 10.2 Å². The summed E-state index contributed by atoms with van der Waals surface area (Å²) < 4.78 is 1.85. The summed E-state index contributed by atoms with van der Waals surface area (Å²) in [5, 5.41) is 15.8. The lowest BCUT2D eigenvalue weighted by atomic mass is 10.1. The first-order valence-electron chi connectivity index (χ1n) is 8.73. The predicted molar refractivity (Wildman–Crippen MR) is 101 cm³/mol. The van der Waals surface area contributed by atoms with Crippen LogP contribution >= 0.6 is 0 Å². The molecule has 132 valence electrons. The number of aromatic nitrogens is 6. The highest BCUT2D eigenvalue weighted by Crippen LogP contribution is 2.21. The third-order valence-electron chi connectivity index (χ3n) is 4.21. The molecular weight excluding hydrogens is 326 g/mol. The van der Waals surface area contributed by atoms with Crippen molar-refractivity contribution in [3.63, 3.8) is 0 Å². The fourth-order valence-corrected chi connectivity index (χ4v) is 2.93. The topological polar surface area (TPSA) is 84.3 Å². The summed E-state index contributed by atoms with van der Waals surface area (Å²) in [7, 11) is 0. The van der Waals surface area contributed by atoms with Gasteiger partial charge in [0, 0.05) is 23.2 Å². The highest BCUT2D eigenvalue weighted by Gasteiger charge is 2.09. The number of nitrogens with zero attached hydrogens (tertiary/aromatic N) is 5. The maximum absolute atomic E-state index is 4.64. The number of hydrogen-bond donors (Lipinski definition) is 2. The molecule has 7 nitrogen and oxygen atoms in total. The second kappa shape index (κ2) is 7.05. The van der Waals surface area contributed by atoms with Gasteiger partial charge in [0.1, 0.15) is 6.33 Å². The van der Waals surface area contributed by atoms with Crippen LogP contribution < -0.4 is 5.32 Å². The third-order valence-corrected chi connectivity index (χ3v) is 4.21. The number of H-pyrrole nitrogens is 1. The number of rotatable bonds is 6. The van der Waals surface area contributed by atoms with Crippen molar-refractivity contribution in [2.24, 2.45) is 0 Å². The van der Waals surface area contributed by atoms with Gasteiger partial charge in [0.15, 0.2) is 11.5 Å². The number of hydrogen-bond acceptors (Lipinski definition) is 5. The standard InChI is InChI=1S/C19H21N7/c1-13(2)20-7-6-14-8-16-11-24-26(19(16)21-10-14)17-5-3-4-15(9-17)18-22-12-23-25-18/h3-5,8-13,20H,6-7H2,1-2H3,(H,22,23,25). The van der Waals surface area contributed by atoms with Crippen molar-refractivity contribution in [1.82, 2.24) is 35.3 Å². The van der Waals surface area contributed by atoms with Gasteiger partial charge in [-0.25, -0.2) is 14.6 Å². The monoisotopic (exact) mass is 347 g/mol. The minimum Gasteiger partial charge on any atom is -0.314 e. The fraction of sp³-hybridized carbons (Fsp3) is 0.263. The highest BCUT2D eigenvalue weighted by molar-refractivity contribution is 5.77. The van der Waals surface area contributed by atoms with Crippen molar-refractivity contribution in [3.8, 4) is 17.1 Å². The number of pyridine rings is 1. The molecule has 4 aromatic rings. The van der Waals surface area contributed by atoms with Crippen molar-refractivity contribution >= 4 is 11.0 Å². The number of nitrogens with one attached hydrogen (secondary N) is 2. The van der Waals surface area contributed by atoms with E-state index in [4.69, 9.17) is 0 Å². The Morgan fingerprint density at radius 1 is 1.15 bits per heavy atom. The van der Waals surface area contributed by atoms with Crippen LogP contribution in [0, 0.1) is 0 Å². The Morgan fingerprint density at radius 2 is 2.08 bits per heavy atom. The minimum atomic E-state index is 0.492. The molecule has 0 saturated heterocycles. The molecule has 0 spiro atoms. The van der Waals surface area contributed by atoms with Crippen LogP contribution in [0.3, 0.4) is 0 Å². The summed E-state index contributed by atoms with van der Waals surface area (Å²) in [5.41, 5.74) is 3.96. The lowest BCUT2D eigenvalue weighted by Crippen LogP contribution is -2.24. The Morgan fingerprint density at radius 3 is 2.88 bits per heavy atom. The van der Waals surface area contributed by atoms with Gasteiger partial charge in [-0.05, 0) is 36.7 Å². The van der Waals surface area contributed by atoms with E-state index in [1.807, 2.05) is 41.3 Å². The van der Waals surface area contributed by atoms with Gasteiger partial charge >= 0.3 is 0 Å². The van der Waals surface area contributed by atoms with Crippen LogP contribution in [0.4, 0.5) is 0 Å². The van der Waals surface area contributed by atoms with E-state index in [1.54, 1.807) is 0 Å². The van der Waals surface area contributed by atoms with Crippen molar-refractivity contribution in [2.45, 2.75) is 26.3 Å². The van der Waals surface area contributed by atoms with Crippen LogP contribution in [0.15, 0.2) is 49.1 Å². The molecule has 3 aromatic heterocycles. The molecule has 0 radical (unpaired) electrons. The Labute approximate surface area is 151 Å². The predicted octanol–water partition coefficient (Wildman–Crippen LogP) is 2.75. The molecule has 2 N–H and O–H groups in total. The first-order valence-corrected chi connectivity index (χ1v) is 8.73. The normalized spacial score (nSPS) is 11.5. The molecule has 3 heterocycles. The number of benzene rings is 1. The SMILES string of the molecule is CC(C)NCCc1cnc2c(cnn2-c2cccc(-c3ncn[nH]3)c2)c1. The molecule has 0 aliphatic heterocycles. The zero-order valence-corrected chi connectivity index (χ0v) is 14.8. The first kappa shape index (κ1) is 16.4. The van der Waals surface area contributed by atoms with Gasteiger partial charge in [0.05, 0.1) is 11.9 Å². The second-order valence-corrected chi connectivity index (χ2v) is 6.56. The molecule has 0 aliphatic carbocycles. The first-order chi connectivity index (χ1) is 12.7. The molecule has 1 aromatic carbocycles. The summed E-state index contributed by atoms with van der Waals surface area (Å²) in [6.07, 6.45) is 6.25. The van der Waals surface area contributed by atoms with E-state index in [2.05, 4.69) is 50.5 Å². The van der Waals surface area contributed by atoms with Gasteiger partial charge in [0.2, 0.25) is 0 Å². The molecule has 0 amide bonds. The van der Waals surface area contributed by atoms with Crippen molar-refractivity contribution in [3.05, 3.63) is 54.6 Å². The van der Waals surface area contributed by atoms with Crippen molar-refractivity contribution in [2.75, 3.05) is 6.54 Å². The highest BCUT2D eigenvalue weighted by atomic mass is 15.3. The van der Waals surface area contributed by atoms with E-state index in [1.165, 1.54) is 11.9 Å². The Balaban J connectivity index is 1.62. The maximum Gasteiger partial charge on any atom is 0.162 e. The van der Waals surface area contributed by atoms with Crippen molar-refractivity contribution < 1.29 is 0 Å². The van der Waals surface area contributed by atoms with E-state index in [-0.39, 0.29) is 0 Å². The molecule has 0 atom stereocenters. The minimum absolute atomic E-state index is 0.492. The third kappa shape index (κ3) is 3.34. The van der Waals surface area contributed by atoms with Gasteiger partial charge in [-0.3, -0.25) is 5.10 Å². The summed E-state index contributed by atoms with van der Waals surface area (Å²) in [6, 6.07) is 10.7. The average Bonchev–Trinajstić information content (AvgIpc) is 3.31. The summed E-state index contributed by atoms with van der Waals surface area (Å²) in [4.78, 5) is 8.85. The fourth-order valence-electron chi connectivity index (χ4n) is 2.93. The van der Waals surface area contributed by atoms with Gasteiger partial charge < -0.3 is 5.32 Å². The lowest BCUT2D eigenvalue weighted by molar-refractivity contribution is 0.590. The molecule has 0 unspecified atom stereocenters. The summed E-state index contributed by atoms with van der Waals surface area (Å²) >= 11 is 0. The summed E-state index contributed by atoms with van der Waals surface area (Å²) in [5.74, 6) is 0.733. The quantitative estimate of drug-likeness (QED) is 0.560. The smallest absolute Gasteiger partial charge is 0.162 e. The van der Waals surface area contributed by atoms with Crippen LogP contribution in [0.25, 0.3) is 28.1 Å². The maximum atomic E-state index is 4.64. The molecule has 26 heavy (non-hydrogen) atoms. The molecule has 0 bridgehead atoms. The van der Waals surface area contributed by atoms with Crippen LogP contribution in [0.1, 0.15) is 19.4 Å².